The van der Waals surface area contributed by atoms with Crippen molar-refractivity contribution in [3.8, 4) is 0 Å². The van der Waals surface area contributed by atoms with Crippen LogP contribution in [0.15, 0.2) is 24.3 Å². The molecule has 1 spiro atoms. The lowest BCUT2D eigenvalue weighted by Gasteiger charge is -2.44. The maximum absolute atomic E-state index is 13.5. The normalized spacial score (nSPS) is 22.8. The Morgan fingerprint density at radius 1 is 1.12 bits per heavy atom. The first-order valence-corrected chi connectivity index (χ1v) is 11.4. The van der Waals surface area contributed by atoms with Crippen LogP contribution in [0.2, 0.25) is 0 Å². The lowest BCUT2D eigenvalue weighted by Crippen LogP contribution is -2.60. The Kier molecular flexibility index (Phi) is 6.00. The standard InChI is InChI=1S/C24H32FN3O4/c1-23(2,3)14-20(29)27-12-10-24(11-13-27)28(22(31)16-4-6-17(25)7-5-16)19(15-32-24)21(30)26-18-8-9-18/h4-7,18-19H,8-15H2,1-3H3,(H,26,30). The molecule has 7 nitrogen and oxygen atoms in total. The van der Waals surface area contributed by atoms with E-state index in [1.54, 1.807) is 4.90 Å². The molecule has 3 aliphatic rings. The van der Waals surface area contributed by atoms with Crippen LogP contribution in [-0.2, 0) is 14.3 Å². The van der Waals surface area contributed by atoms with E-state index in [0.29, 0.717) is 37.9 Å². The first-order valence-electron chi connectivity index (χ1n) is 11.4. The van der Waals surface area contributed by atoms with Crippen LogP contribution in [0, 0.1) is 11.2 Å². The average Bonchev–Trinajstić information content (AvgIpc) is 3.47. The van der Waals surface area contributed by atoms with Gasteiger partial charge in [0.2, 0.25) is 11.8 Å². The van der Waals surface area contributed by atoms with Crippen LogP contribution in [-0.4, -0.2) is 65.0 Å². The summed E-state index contributed by atoms with van der Waals surface area (Å²) in [5.74, 6) is -0.911. The van der Waals surface area contributed by atoms with Crippen molar-refractivity contribution in [3.63, 3.8) is 0 Å². The van der Waals surface area contributed by atoms with E-state index in [1.165, 1.54) is 24.3 Å². The second-order valence-corrected chi connectivity index (χ2v) is 10.4. The van der Waals surface area contributed by atoms with Gasteiger partial charge in [-0.15, -0.1) is 0 Å². The van der Waals surface area contributed by atoms with E-state index >= 15 is 0 Å². The van der Waals surface area contributed by atoms with Crippen LogP contribution >= 0.6 is 0 Å². The molecular weight excluding hydrogens is 413 g/mol. The molecule has 1 N–H and O–H groups in total. The van der Waals surface area contributed by atoms with Crippen LogP contribution in [0.4, 0.5) is 4.39 Å². The molecule has 2 aliphatic heterocycles. The smallest absolute Gasteiger partial charge is 0.256 e. The summed E-state index contributed by atoms with van der Waals surface area (Å²) in [6.07, 6.45) is 3.21. The summed E-state index contributed by atoms with van der Waals surface area (Å²) in [7, 11) is 0. The predicted molar refractivity (Wildman–Crippen MR) is 116 cm³/mol. The van der Waals surface area contributed by atoms with Crippen LogP contribution < -0.4 is 5.32 Å². The molecule has 4 rings (SSSR count). The first-order chi connectivity index (χ1) is 15.1. The number of ether oxygens (including phenoxy) is 1. The van der Waals surface area contributed by atoms with Gasteiger partial charge < -0.3 is 15.0 Å². The van der Waals surface area contributed by atoms with Crippen molar-refractivity contribution in [1.82, 2.24) is 15.1 Å². The number of amides is 3. The summed E-state index contributed by atoms with van der Waals surface area (Å²) < 4.78 is 19.6. The number of nitrogens with one attached hydrogen (secondary N) is 1. The zero-order valence-electron chi connectivity index (χ0n) is 19.0. The number of rotatable bonds is 4. The van der Waals surface area contributed by atoms with Gasteiger partial charge in [0.25, 0.3) is 5.91 Å². The molecule has 1 aromatic rings. The molecule has 0 radical (unpaired) electrons. The fraction of sp³-hybridized carbons (Fsp3) is 0.625. The van der Waals surface area contributed by atoms with Crippen LogP contribution in [0.3, 0.4) is 0 Å². The Morgan fingerprint density at radius 3 is 2.31 bits per heavy atom. The lowest BCUT2D eigenvalue weighted by atomic mass is 9.90. The van der Waals surface area contributed by atoms with Gasteiger partial charge in [0.05, 0.1) is 6.61 Å². The van der Waals surface area contributed by atoms with Gasteiger partial charge in [0.15, 0.2) is 0 Å². The maximum atomic E-state index is 13.5. The van der Waals surface area contributed by atoms with Crippen molar-refractivity contribution >= 4 is 17.7 Å². The molecular formula is C24H32FN3O4. The Morgan fingerprint density at radius 2 is 1.75 bits per heavy atom. The minimum absolute atomic E-state index is 0.0878. The van der Waals surface area contributed by atoms with Crippen LogP contribution in [0.1, 0.15) is 63.2 Å². The molecule has 2 heterocycles. The number of carbonyl (C=O) groups is 3. The number of hydrogen-bond donors (Lipinski definition) is 1. The van der Waals surface area contributed by atoms with Gasteiger partial charge in [-0.25, -0.2) is 4.39 Å². The average molecular weight is 446 g/mol. The highest BCUT2D eigenvalue weighted by atomic mass is 19.1. The third-order valence-corrected chi connectivity index (χ3v) is 6.38. The van der Waals surface area contributed by atoms with Gasteiger partial charge in [-0.2, -0.15) is 0 Å². The molecule has 0 aromatic heterocycles. The van der Waals surface area contributed by atoms with Gasteiger partial charge in [-0.3, -0.25) is 19.3 Å². The molecule has 1 saturated carbocycles. The van der Waals surface area contributed by atoms with E-state index < -0.39 is 17.6 Å². The van der Waals surface area contributed by atoms with E-state index in [4.69, 9.17) is 4.74 Å². The highest BCUT2D eigenvalue weighted by molar-refractivity contribution is 5.98. The van der Waals surface area contributed by atoms with E-state index in [9.17, 15) is 18.8 Å². The zero-order chi connectivity index (χ0) is 23.1. The van der Waals surface area contributed by atoms with E-state index in [1.807, 2.05) is 25.7 Å². The quantitative estimate of drug-likeness (QED) is 0.773. The van der Waals surface area contributed by atoms with Crippen LogP contribution in [0.25, 0.3) is 0 Å². The number of piperidine rings is 1. The maximum Gasteiger partial charge on any atom is 0.256 e. The van der Waals surface area contributed by atoms with Gasteiger partial charge in [-0.05, 0) is 42.5 Å². The molecule has 1 atom stereocenters. The van der Waals surface area contributed by atoms with Crippen molar-refractivity contribution in [1.29, 1.82) is 0 Å². The predicted octanol–water partition coefficient (Wildman–Crippen LogP) is 2.70. The van der Waals surface area contributed by atoms with E-state index in [-0.39, 0.29) is 35.8 Å². The van der Waals surface area contributed by atoms with Crippen molar-refractivity contribution in [2.75, 3.05) is 19.7 Å². The topological polar surface area (TPSA) is 79.0 Å². The van der Waals surface area contributed by atoms with Crippen LogP contribution in [0.5, 0.6) is 0 Å². The van der Waals surface area contributed by atoms with E-state index in [2.05, 4.69) is 5.32 Å². The summed E-state index contributed by atoms with van der Waals surface area (Å²) in [4.78, 5) is 42.5. The summed E-state index contributed by atoms with van der Waals surface area (Å²) in [5.41, 5.74) is -0.742. The molecule has 174 valence electrons. The van der Waals surface area contributed by atoms with Crippen molar-refractivity contribution in [3.05, 3.63) is 35.6 Å². The largest absolute Gasteiger partial charge is 0.353 e. The third-order valence-electron chi connectivity index (χ3n) is 6.38. The van der Waals surface area contributed by atoms with Gasteiger partial charge >= 0.3 is 0 Å². The number of nitrogens with zero attached hydrogens (tertiary/aromatic N) is 2. The highest BCUT2D eigenvalue weighted by Gasteiger charge is 2.54. The molecule has 1 unspecified atom stereocenters. The Labute approximate surface area is 188 Å². The number of halogens is 1. The second-order valence-electron chi connectivity index (χ2n) is 10.4. The monoisotopic (exact) mass is 445 g/mol. The van der Waals surface area contributed by atoms with E-state index in [0.717, 1.165) is 12.8 Å². The minimum atomic E-state index is -0.949. The number of benzene rings is 1. The fourth-order valence-corrected chi connectivity index (χ4v) is 4.49. The molecule has 3 amide bonds. The van der Waals surface area contributed by atoms with Gasteiger partial charge in [0.1, 0.15) is 17.6 Å². The molecule has 3 fully saturated rings. The molecule has 8 heteroatoms. The van der Waals surface area contributed by atoms with Crippen molar-refractivity contribution in [2.45, 2.75) is 70.7 Å². The minimum Gasteiger partial charge on any atom is -0.353 e. The molecule has 32 heavy (non-hydrogen) atoms. The molecule has 1 aliphatic carbocycles. The molecule has 0 bridgehead atoms. The first kappa shape index (κ1) is 22.7. The number of carbonyl (C=O) groups excluding carboxylic acids is 3. The number of hydrogen-bond acceptors (Lipinski definition) is 4. The SMILES string of the molecule is CC(C)(C)CC(=O)N1CCC2(CC1)OCC(C(=O)NC1CC1)N2C(=O)c1ccc(F)cc1. The van der Waals surface area contributed by atoms with Crippen molar-refractivity contribution < 1.29 is 23.5 Å². The Balaban J connectivity index is 1.54. The fourth-order valence-electron chi connectivity index (χ4n) is 4.49. The third kappa shape index (κ3) is 4.80. The summed E-state index contributed by atoms with van der Waals surface area (Å²) in [6, 6.07) is 4.76. The Hall–Kier alpha value is -2.48. The second kappa shape index (κ2) is 8.46. The number of likely N-dealkylation sites (tertiary alicyclic amines) is 1. The molecule has 2 saturated heterocycles. The lowest BCUT2D eigenvalue weighted by molar-refractivity contribution is -0.145. The van der Waals surface area contributed by atoms with Crippen molar-refractivity contribution in [2.24, 2.45) is 5.41 Å². The summed E-state index contributed by atoms with van der Waals surface area (Å²) in [6.45, 7) is 7.12. The van der Waals surface area contributed by atoms with Gasteiger partial charge in [-0.1, -0.05) is 20.8 Å². The highest BCUT2D eigenvalue weighted by Crippen LogP contribution is 2.39. The zero-order valence-corrected chi connectivity index (χ0v) is 19.0. The summed E-state index contributed by atoms with van der Waals surface area (Å²) in [5, 5.41) is 2.98. The van der Waals surface area contributed by atoms with Gasteiger partial charge in [0, 0.05) is 44.0 Å². The summed E-state index contributed by atoms with van der Waals surface area (Å²) >= 11 is 0. The Bertz CT molecular complexity index is 884. The molecule has 1 aromatic carbocycles.